The van der Waals surface area contributed by atoms with E-state index in [0.29, 0.717) is 18.0 Å². The maximum absolute atomic E-state index is 13.8. The zero-order valence-corrected chi connectivity index (χ0v) is 13.6. The molecule has 19 heavy (non-hydrogen) atoms. The number of hydrogen-bond acceptors (Lipinski definition) is 1. The summed E-state index contributed by atoms with van der Waals surface area (Å²) in [6, 6.07) is 5.93. The average Bonchev–Trinajstić information content (AvgIpc) is 2.32. The molecule has 0 unspecified atom stereocenters. The third kappa shape index (κ3) is 4.03. The fraction of sp³-hybridized carbons (Fsp3) is 0.625. The minimum absolute atomic E-state index is 0.114. The van der Waals surface area contributed by atoms with Gasteiger partial charge in [-0.3, -0.25) is 4.90 Å². The fourth-order valence-electron chi connectivity index (χ4n) is 2.87. The molecule has 0 atom stereocenters. The van der Waals surface area contributed by atoms with E-state index in [9.17, 15) is 4.39 Å². The summed E-state index contributed by atoms with van der Waals surface area (Å²) in [4.78, 5) is 2.31. The number of benzene rings is 1. The Morgan fingerprint density at radius 3 is 2.53 bits per heavy atom. The third-order valence-corrected chi connectivity index (χ3v) is 4.86. The van der Waals surface area contributed by atoms with Crippen LogP contribution in [-0.2, 0) is 6.54 Å². The van der Waals surface area contributed by atoms with Crippen molar-refractivity contribution in [1.29, 1.82) is 0 Å². The van der Waals surface area contributed by atoms with Crippen LogP contribution in [-0.4, -0.2) is 18.0 Å². The van der Waals surface area contributed by atoms with Gasteiger partial charge in [-0.2, -0.15) is 0 Å². The summed E-state index contributed by atoms with van der Waals surface area (Å²) in [6.45, 7) is 5.39. The first kappa shape index (κ1) is 15.0. The van der Waals surface area contributed by atoms with Crippen LogP contribution in [0.3, 0.4) is 0 Å². The highest BCUT2D eigenvalue weighted by molar-refractivity contribution is 9.10. The Balaban J connectivity index is 1.96. The van der Waals surface area contributed by atoms with Gasteiger partial charge in [0.25, 0.3) is 0 Å². The molecule has 1 fully saturated rings. The second kappa shape index (κ2) is 5.92. The van der Waals surface area contributed by atoms with E-state index >= 15 is 0 Å². The van der Waals surface area contributed by atoms with Crippen LogP contribution in [0.2, 0.25) is 0 Å². The monoisotopic (exact) mass is 327 g/mol. The van der Waals surface area contributed by atoms with E-state index in [4.69, 9.17) is 0 Å². The largest absolute Gasteiger partial charge is 0.299 e. The van der Waals surface area contributed by atoms with Gasteiger partial charge in [0, 0.05) is 22.6 Å². The Morgan fingerprint density at radius 1 is 1.32 bits per heavy atom. The van der Waals surface area contributed by atoms with E-state index in [0.717, 1.165) is 10.0 Å². The molecule has 106 valence electrons. The lowest BCUT2D eigenvalue weighted by Crippen LogP contribution is -2.36. The summed E-state index contributed by atoms with van der Waals surface area (Å²) in [5.74, 6) is -0.114. The van der Waals surface area contributed by atoms with Crippen LogP contribution in [0.15, 0.2) is 22.7 Å². The topological polar surface area (TPSA) is 3.24 Å². The van der Waals surface area contributed by atoms with Crippen molar-refractivity contribution in [2.75, 3.05) is 7.05 Å². The molecule has 1 aliphatic rings. The molecular formula is C16H23BrFN. The van der Waals surface area contributed by atoms with Gasteiger partial charge >= 0.3 is 0 Å². The second-order valence-electron chi connectivity index (χ2n) is 6.55. The van der Waals surface area contributed by atoms with Crippen molar-refractivity contribution in [3.63, 3.8) is 0 Å². The standard InChI is InChI=1S/C16H23BrFN/c1-16(2)8-6-14(7-9-16)19(3)11-12-4-5-13(17)10-15(12)18/h4-5,10,14H,6-9,11H2,1-3H3. The molecule has 1 aromatic rings. The van der Waals surface area contributed by atoms with E-state index in [1.807, 2.05) is 12.1 Å². The molecule has 1 aliphatic carbocycles. The maximum Gasteiger partial charge on any atom is 0.128 e. The molecule has 0 amide bonds. The van der Waals surface area contributed by atoms with Crippen LogP contribution < -0.4 is 0 Å². The molecule has 1 saturated carbocycles. The minimum Gasteiger partial charge on any atom is -0.299 e. The van der Waals surface area contributed by atoms with Crippen molar-refractivity contribution in [3.05, 3.63) is 34.1 Å². The summed E-state index contributed by atoms with van der Waals surface area (Å²) in [5, 5.41) is 0. The van der Waals surface area contributed by atoms with Crippen LogP contribution >= 0.6 is 15.9 Å². The first-order valence-corrected chi connectivity index (χ1v) is 7.81. The highest BCUT2D eigenvalue weighted by atomic mass is 79.9. The van der Waals surface area contributed by atoms with Gasteiger partial charge < -0.3 is 0 Å². The SMILES string of the molecule is CN(Cc1ccc(Br)cc1F)C1CCC(C)(C)CC1. The molecule has 0 aromatic heterocycles. The minimum atomic E-state index is -0.114. The van der Waals surface area contributed by atoms with Crippen LogP contribution in [0.4, 0.5) is 4.39 Å². The zero-order chi connectivity index (χ0) is 14.0. The van der Waals surface area contributed by atoms with E-state index in [-0.39, 0.29) is 5.82 Å². The van der Waals surface area contributed by atoms with Crippen LogP contribution in [0, 0.1) is 11.2 Å². The molecule has 2 rings (SSSR count). The van der Waals surface area contributed by atoms with Gasteiger partial charge in [0.05, 0.1) is 0 Å². The Bertz CT molecular complexity index is 434. The Hall–Kier alpha value is -0.410. The van der Waals surface area contributed by atoms with Crippen LogP contribution in [0.5, 0.6) is 0 Å². The van der Waals surface area contributed by atoms with Gasteiger partial charge in [-0.15, -0.1) is 0 Å². The van der Waals surface area contributed by atoms with Crippen molar-refractivity contribution in [3.8, 4) is 0 Å². The predicted molar refractivity (Wildman–Crippen MR) is 81.6 cm³/mol. The molecule has 3 heteroatoms. The van der Waals surface area contributed by atoms with Gasteiger partial charge in [0.15, 0.2) is 0 Å². The molecule has 0 N–H and O–H groups in total. The van der Waals surface area contributed by atoms with Crippen molar-refractivity contribution >= 4 is 15.9 Å². The molecule has 0 bridgehead atoms. The Kier molecular flexibility index (Phi) is 4.67. The van der Waals surface area contributed by atoms with Crippen LogP contribution in [0.25, 0.3) is 0 Å². The number of halogens is 2. The molecule has 0 saturated heterocycles. The maximum atomic E-state index is 13.8. The highest BCUT2D eigenvalue weighted by Crippen LogP contribution is 2.36. The number of nitrogens with zero attached hydrogens (tertiary/aromatic N) is 1. The van der Waals surface area contributed by atoms with Gasteiger partial charge in [0.2, 0.25) is 0 Å². The first-order valence-electron chi connectivity index (χ1n) is 7.01. The van der Waals surface area contributed by atoms with E-state index < -0.39 is 0 Å². The summed E-state index contributed by atoms with van der Waals surface area (Å²) < 4.78 is 14.6. The molecule has 0 radical (unpaired) electrons. The molecule has 0 aliphatic heterocycles. The quantitative estimate of drug-likeness (QED) is 0.756. The van der Waals surface area contributed by atoms with E-state index in [1.54, 1.807) is 6.07 Å². The molecule has 0 spiro atoms. The predicted octanol–water partition coefficient (Wildman–Crippen LogP) is 4.99. The van der Waals surface area contributed by atoms with E-state index in [1.165, 1.54) is 25.7 Å². The van der Waals surface area contributed by atoms with Crippen molar-refractivity contribution in [2.45, 2.75) is 52.1 Å². The molecular weight excluding hydrogens is 305 g/mol. The van der Waals surface area contributed by atoms with Crippen LogP contribution in [0.1, 0.15) is 45.1 Å². The Labute approximate surface area is 124 Å². The van der Waals surface area contributed by atoms with Crippen molar-refractivity contribution in [1.82, 2.24) is 4.90 Å². The lowest BCUT2D eigenvalue weighted by Gasteiger charge is -2.38. The average molecular weight is 328 g/mol. The lowest BCUT2D eigenvalue weighted by molar-refractivity contribution is 0.122. The van der Waals surface area contributed by atoms with Gasteiger partial charge in [-0.25, -0.2) is 4.39 Å². The smallest absolute Gasteiger partial charge is 0.128 e. The fourth-order valence-corrected chi connectivity index (χ4v) is 3.21. The Morgan fingerprint density at radius 2 is 1.95 bits per heavy atom. The number of hydrogen-bond donors (Lipinski definition) is 0. The number of rotatable bonds is 3. The molecule has 0 heterocycles. The lowest BCUT2D eigenvalue weighted by atomic mass is 9.75. The van der Waals surface area contributed by atoms with Gasteiger partial charge in [0.1, 0.15) is 5.82 Å². The van der Waals surface area contributed by atoms with Gasteiger partial charge in [-0.1, -0.05) is 35.8 Å². The summed E-state index contributed by atoms with van der Waals surface area (Å²) in [7, 11) is 2.12. The summed E-state index contributed by atoms with van der Waals surface area (Å²) in [6.07, 6.45) is 4.99. The summed E-state index contributed by atoms with van der Waals surface area (Å²) in [5.41, 5.74) is 1.27. The van der Waals surface area contributed by atoms with Gasteiger partial charge in [-0.05, 0) is 50.3 Å². The highest BCUT2D eigenvalue weighted by Gasteiger charge is 2.28. The molecule has 1 aromatic carbocycles. The first-order chi connectivity index (χ1) is 8.87. The second-order valence-corrected chi connectivity index (χ2v) is 7.46. The van der Waals surface area contributed by atoms with Crippen molar-refractivity contribution < 1.29 is 4.39 Å². The summed E-state index contributed by atoms with van der Waals surface area (Å²) >= 11 is 3.30. The normalized spacial score (nSPS) is 19.9. The van der Waals surface area contributed by atoms with Crippen molar-refractivity contribution in [2.24, 2.45) is 5.41 Å². The van der Waals surface area contributed by atoms with E-state index in [2.05, 4.69) is 41.7 Å². The third-order valence-electron chi connectivity index (χ3n) is 4.37. The zero-order valence-electron chi connectivity index (χ0n) is 12.0. The molecule has 1 nitrogen and oxygen atoms in total.